The third-order valence-electron chi connectivity index (χ3n) is 12.4. The molecule has 390 valence electrons. The van der Waals surface area contributed by atoms with Crippen molar-refractivity contribution >= 4 is 11.9 Å². The molecule has 0 heterocycles. The quantitative estimate of drug-likeness (QED) is 0.0374. The van der Waals surface area contributed by atoms with Gasteiger partial charge in [0.05, 0.1) is 6.61 Å². The molecular weight excluding hydrogens is 837 g/mol. The molecule has 5 nitrogen and oxygen atoms in total. The maximum absolute atomic E-state index is 12.3. The van der Waals surface area contributed by atoms with Crippen LogP contribution in [0.1, 0.15) is 271 Å². The summed E-state index contributed by atoms with van der Waals surface area (Å²) in [6, 6.07) is 0. The summed E-state index contributed by atoms with van der Waals surface area (Å²) in [4.78, 5) is 24.5. The monoisotopic (exact) mass is 945 g/mol. The summed E-state index contributed by atoms with van der Waals surface area (Å²) >= 11 is 0. The zero-order chi connectivity index (χ0) is 49.2. The molecule has 0 bridgehead atoms. The van der Waals surface area contributed by atoms with Crippen LogP contribution in [0.25, 0.3) is 0 Å². The Labute approximate surface area is 421 Å². The van der Waals surface area contributed by atoms with Crippen molar-refractivity contribution in [2.24, 2.45) is 0 Å². The van der Waals surface area contributed by atoms with Crippen LogP contribution < -0.4 is 0 Å². The Morgan fingerprint density at radius 1 is 0.338 bits per heavy atom. The van der Waals surface area contributed by atoms with E-state index in [0.717, 1.165) is 96.3 Å². The Morgan fingerprint density at radius 3 is 0.882 bits per heavy atom. The summed E-state index contributed by atoms with van der Waals surface area (Å²) in [5.74, 6) is -0.596. The number of carbonyl (C=O) groups is 2. The van der Waals surface area contributed by atoms with Crippen molar-refractivity contribution in [2.75, 3.05) is 13.2 Å². The first-order valence-electron chi connectivity index (χ1n) is 28.8. The molecule has 0 aliphatic rings. The van der Waals surface area contributed by atoms with Crippen LogP contribution in [-0.4, -0.2) is 36.4 Å². The molecule has 0 aromatic rings. The molecule has 0 radical (unpaired) electrons. The third-order valence-corrected chi connectivity index (χ3v) is 12.4. The molecule has 0 fully saturated rings. The second-order valence-electron chi connectivity index (χ2n) is 19.0. The van der Waals surface area contributed by atoms with E-state index >= 15 is 0 Å². The van der Waals surface area contributed by atoms with Crippen molar-refractivity contribution in [3.63, 3.8) is 0 Å². The minimum atomic E-state index is -0.779. The van der Waals surface area contributed by atoms with E-state index in [2.05, 4.69) is 111 Å². The van der Waals surface area contributed by atoms with Crippen LogP contribution >= 0.6 is 0 Å². The molecule has 0 aliphatic heterocycles. The largest absolute Gasteiger partial charge is 0.462 e. The average molecular weight is 946 g/mol. The molecule has 68 heavy (non-hydrogen) atoms. The molecule has 5 heteroatoms. The van der Waals surface area contributed by atoms with Crippen LogP contribution in [0.2, 0.25) is 0 Å². The van der Waals surface area contributed by atoms with Gasteiger partial charge >= 0.3 is 11.9 Å². The van der Waals surface area contributed by atoms with E-state index < -0.39 is 6.10 Å². The van der Waals surface area contributed by atoms with E-state index in [9.17, 15) is 14.7 Å². The summed E-state index contributed by atoms with van der Waals surface area (Å²) < 4.78 is 10.7. The molecule has 0 rings (SSSR count). The average Bonchev–Trinajstić information content (AvgIpc) is 3.34. The first-order chi connectivity index (χ1) is 33.6. The normalized spacial score (nSPS) is 12.9. The van der Waals surface area contributed by atoms with Gasteiger partial charge in [0.2, 0.25) is 0 Å². The van der Waals surface area contributed by atoms with Crippen molar-refractivity contribution in [1.29, 1.82) is 0 Å². The van der Waals surface area contributed by atoms with Gasteiger partial charge in [-0.25, -0.2) is 0 Å². The van der Waals surface area contributed by atoms with Crippen LogP contribution in [0.15, 0.2) is 97.2 Å². The van der Waals surface area contributed by atoms with E-state index in [0.29, 0.717) is 12.8 Å². The molecule has 0 aliphatic carbocycles. The number of rotatable bonds is 52. The summed E-state index contributed by atoms with van der Waals surface area (Å²) in [6.45, 7) is 3.92. The maximum Gasteiger partial charge on any atom is 0.306 e. The summed E-state index contributed by atoms with van der Waals surface area (Å²) in [5, 5.41) is 9.64. The molecule has 0 aromatic carbocycles. The molecule has 0 amide bonds. The zero-order valence-electron chi connectivity index (χ0n) is 44.6. The number of hydrogen-bond acceptors (Lipinski definition) is 5. The Kier molecular flexibility index (Phi) is 55.4. The predicted octanol–water partition coefficient (Wildman–Crippen LogP) is 19.5. The highest BCUT2D eigenvalue weighted by atomic mass is 16.6. The molecule has 0 spiro atoms. The molecule has 1 N–H and O–H groups in total. The number of ether oxygens (including phenoxy) is 2. The van der Waals surface area contributed by atoms with Crippen molar-refractivity contribution in [3.8, 4) is 0 Å². The fraction of sp³-hybridized carbons (Fsp3) is 0.714. The van der Waals surface area contributed by atoms with E-state index in [1.165, 1.54) is 148 Å². The fourth-order valence-corrected chi connectivity index (χ4v) is 8.13. The van der Waals surface area contributed by atoms with Crippen molar-refractivity contribution in [3.05, 3.63) is 97.2 Å². The van der Waals surface area contributed by atoms with Gasteiger partial charge in [0.15, 0.2) is 6.10 Å². The second-order valence-corrected chi connectivity index (χ2v) is 19.0. The zero-order valence-corrected chi connectivity index (χ0v) is 44.6. The lowest BCUT2D eigenvalue weighted by Crippen LogP contribution is -2.28. The van der Waals surface area contributed by atoms with E-state index in [-0.39, 0.29) is 25.2 Å². The molecule has 0 aromatic heterocycles. The van der Waals surface area contributed by atoms with Crippen LogP contribution in [0, 0.1) is 0 Å². The van der Waals surface area contributed by atoms with Gasteiger partial charge in [-0.05, 0) is 89.9 Å². The standard InChI is InChI=1S/C63H108O5/c1-3-5-7-9-11-13-15-17-19-21-22-23-24-25-26-27-28-29-30-31-32-33-34-35-36-37-38-39-40-42-44-46-48-50-52-54-56-58-63(66)68-61(59-64)60-67-62(65)57-55-53-51-49-47-45-43-41-20-18-16-14-12-10-8-6-4-2/h5-8,11-14,17-20,22-23,25-26,61,64H,3-4,9-10,15-16,21,24,27-60H2,1-2H3/b7-5-,8-6-,13-11-,14-12-,19-17-,20-18-,23-22-,26-25-. The van der Waals surface area contributed by atoms with Crippen LogP contribution in [0.3, 0.4) is 0 Å². The highest BCUT2D eigenvalue weighted by Crippen LogP contribution is 2.17. The SMILES string of the molecule is CC/C=C\C/C=C\C/C=C\C/C=C\C/C=C\CCCCCCCCCCCCCCCCCCCCCCCC(=O)OC(CO)COC(=O)CCCCCCCCC/C=C\C/C=C\C/C=C\CC. The van der Waals surface area contributed by atoms with Crippen molar-refractivity contribution in [2.45, 2.75) is 277 Å². The smallest absolute Gasteiger partial charge is 0.306 e. The second kappa shape index (κ2) is 58.1. The Morgan fingerprint density at radius 2 is 0.588 bits per heavy atom. The lowest BCUT2D eigenvalue weighted by atomic mass is 10.0. The predicted molar refractivity (Wildman–Crippen MR) is 297 cm³/mol. The van der Waals surface area contributed by atoms with E-state index in [4.69, 9.17) is 9.47 Å². The van der Waals surface area contributed by atoms with E-state index in [1.807, 2.05) is 0 Å². The van der Waals surface area contributed by atoms with Crippen LogP contribution in [-0.2, 0) is 19.1 Å². The van der Waals surface area contributed by atoms with Gasteiger partial charge in [-0.3, -0.25) is 9.59 Å². The number of carbonyl (C=O) groups excluding carboxylic acids is 2. The number of allylic oxidation sites excluding steroid dienone is 16. The van der Waals surface area contributed by atoms with Crippen molar-refractivity contribution in [1.82, 2.24) is 0 Å². The number of aliphatic hydroxyl groups excluding tert-OH is 1. The van der Waals surface area contributed by atoms with Crippen LogP contribution in [0.4, 0.5) is 0 Å². The Bertz CT molecular complexity index is 1300. The first-order valence-corrected chi connectivity index (χ1v) is 28.8. The lowest BCUT2D eigenvalue weighted by Gasteiger charge is -2.15. The van der Waals surface area contributed by atoms with Gasteiger partial charge < -0.3 is 14.6 Å². The van der Waals surface area contributed by atoms with E-state index in [1.54, 1.807) is 0 Å². The summed E-state index contributed by atoms with van der Waals surface area (Å²) in [7, 11) is 0. The molecule has 1 atom stereocenters. The first kappa shape index (κ1) is 64.8. The third kappa shape index (κ3) is 55.4. The fourth-order valence-electron chi connectivity index (χ4n) is 8.13. The number of unbranched alkanes of at least 4 members (excludes halogenated alkanes) is 28. The molecular formula is C63H108O5. The highest BCUT2D eigenvalue weighted by molar-refractivity contribution is 5.70. The molecule has 1 unspecified atom stereocenters. The number of hydrogen-bond donors (Lipinski definition) is 1. The maximum atomic E-state index is 12.3. The van der Waals surface area contributed by atoms with Crippen LogP contribution in [0.5, 0.6) is 0 Å². The van der Waals surface area contributed by atoms with Gasteiger partial charge in [-0.2, -0.15) is 0 Å². The van der Waals surface area contributed by atoms with Gasteiger partial charge in [0.25, 0.3) is 0 Å². The number of aliphatic hydroxyl groups is 1. The molecule has 0 saturated carbocycles. The lowest BCUT2D eigenvalue weighted by molar-refractivity contribution is -0.161. The topological polar surface area (TPSA) is 72.8 Å². The minimum absolute atomic E-state index is 0.0720. The summed E-state index contributed by atoms with van der Waals surface area (Å²) in [6.07, 6.45) is 82.5. The summed E-state index contributed by atoms with van der Waals surface area (Å²) in [5.41, 5.74) is 0. The molecule has 0 saturated heterocycles. The van der Waals surface area contributed by atoms with Gasteiger partial charge in [-0.1, -0.05) is 265 Å². The van der Waals surface area contributed by atoms with Gasteiger partial charge in [0.1, 0.15) is 6.61 Å². The number of esters is 2. The van der Waals surface area contributed by atoms with Gasteiger partial charge in [-0.15, -0.1) is 0 Å². The Balaban J connectivity index is 3.44. The minimum Gasteiger partial charge on any atom is -0.462 e. The van der Waals surface area contributed by atoms with Gasteiger partial charge in [0, 0.05) is 12.8 Å². The Hall–Kier alpha value is -3.18. The highest BCUT2D eigenvalue weighted by Gasteiger charge is 2.16. The van der Waals surface area contributed by atoms with Crippen molar-refractivity contribution < 1.29 is 24.2 Å².